The first-order valence-corrected chi connectivity index (χ1v) is 20.9. The first-order valence-electron chi connectivity index (χ1n) is 19.3. The Morgan fingerprint density at radius 3 is 1.69 bits per heavy atom. The topological polar surface area (TPSA) is 68.2 Å². The fourth-order valence-corrected chi connectivity index (χ4v) is 10.4. The van der Waals surface area contributed by atoms with Crippen LogP contribution in [0.4, 0.5) is 17.2 Å². The van der Waals surface area contributed by atoms with E-state index in [0.717, 1.165) is 94.2 Å². The van der Waals surface area contributed by atoms with Crippen molar-refractivity contribution < 1.29 is 8.83 Å². The first-order chi connectivity index (χ1) is 29.2. The van der Waals surface area contributed by atoms with E-state index in [1.54, 1.807) is 22.7 Å². The SMILES string of the molecule is c1ccc(-c2cccc(N(c3cccc(-c4ccccn4)c3)c3cccc(-c4cc5sc(-c6ccc7oc8cc9oc%10ccccc%10c9cc8c7c6)cc5s4)n3)c2)nc1. The summed E-state index contributed by atoms with van der Waals surface area (Å²) in [5.74, 6) is 0.817. The van der Waals surface area contributed by atoms with Crippen LogP contribution in [0.3, 0.4) is 0 Å². The molecule has 59 heavy (non-hydrogen) atoms. The molecule has 0 aliphatic rings. The summed E-state index contributed by atoms with van der Waals surface area (Å²) >= 11 is 3.58. The lowest BCUT2D eigenvalue weighted by Crippen LogP contribution is -2.12. The normalized spacial score (nSPS) is 11.7. The van der Waals surface area contributed by atoms with Gasteiger partial charge in [0.15, 0.2) is 0 Å². The molecule has 5 aromatic carbocycles. The molecule has 0 saturated carbocycles. The molecule has 12 rings (SSSR count). The van der Waals surface area contributed by atoms with Crippen LogP contribution in [0.25, 0.3) is 96.8 Å². The van der Waals surface area contributed by atoms with Gasteiger partial charge in [-0.3, -0.25) is 14.9 Å². The summed E-state index contributed by atoms with van der Waals surface area (Å²) in [6.45, 7) is 0. The van der Waals surface area contributed by atoms with Crippen LogP contribution in [0.2, 0.25) is 0 Å². The highest BCUT2D eigenvalue weighted by Crippen LogP contribution is 2.45. The zero-order valence-electron chi connectivity index (χ0n) is 31.2. The summed E-state index contributed by atoms with van der Waals surface area (Å²) < 4.78 is 14.9. The lowest BCUT2D eigenvalue weighted by molar-refractivity contribution is 0.656. The number of para-hydroxylation sites is 1. The quantitative estimate of drug-likeness (QED) is 0.160. The van der Waals surface area contributed by atoms with Crippen LogP contribution in [-0.2, 0) is 0 Å². The number of furan rings is 2. The number of thiophene rings is 2. The van der Waals surface area contributed by atoms with Crippen molar-refractivity contribution in [2.24, 2.45) is 0 Å². The number of pyridine rings is 3. The highest BCUT2D eigenvalue weighted by Gasteiger charge is 2.19. The monoisotopic (exact) mass is 794 g/mol. The molecule has 278 valence electrons. The van der Waals surface area contributed by atoms with Gasteiger partial charge < -0.3 is 8.83 Å². The van der Waals surface area contributed by atoms with E-state index in [9.17, 15) is 0 Å². The van der Waals surface area contributed by atoms with Crippen molar-refractivity contribution in [2.45, 2.75) is 0 Å². The van der Waals surface area contributed by atoms with Crippen molar-refractivity contribution in [1.82, 2.24) is 15.0 Å². The number of rotatable bonds is 7. The van der Waals surface area contributed by atoms with Gasteiger partial charge in [-0.2, -0.15) is 0 Å². The molecular formula is C51H30N4O2S2. The summed E-state index contributed by atoms with van der Waals surface area (Å²) in [4.78, 5) is 19.2. The molecule has 7 heterocycles. The van der Waals surface area contributed by atoms with Crippen LogP contribution < -0.4 is 4.90 Å². The molecule has 0 aliphatic carbocycles. The second-order valence-electron chi connectivity index (χ2n) is 14.5. The molecule has 0 radical (unpaired) electrons. The van der Waals surface area contributed by atoms with Crippen molar-refractivity contribution in [3.8, 4) is 43.5 Å². The molecule has 0 fully saturated rings. The molecule has 6 nitrogen and oxygen atoms in total. The Balaban J connectivity index is 0.914. The number of nitrogens with zero attached hydrogens (tertiary/aromatic N) is 4. The van der Waals surface area contributed by atoms with Gasteiger partial charge >= 0.3 is 0 Å². The predicted molar refractivity (Wildman–Crippen MR) is 244 cm³/mol. The van der Waals surface area contributed by atoms with Gasteiger partial charge in [0.1, 0.15) is 28.1 Å². The summed E-state index contributed by atoms with van der Waals surface area (Å²) in [5.41, 5.74) is 11.4. The van der Waals surface area contributed by atoms with Gasteiger partial charge in [0, 0.05) is 76.8 Å². The highest BCUT2D eigenvalue weighted by molar-refractivity contribution is 7.31. The third kappa shape index (κ3) is 5.88. The van der Waals surface area contributed by atoms with Crippen LogP contribution in [0.5, 0.6) is 0 Å². The maximum atomic E-state index is 6.32. The maximum absolute atomic E-state index is 6.32. The molecule has 0 bridgehead atoms. The number of aromatic nitrogens is 3. The standard InChI is InChI=1S/C51H30N4O2S2/c1-2-18-43-36(14-1)38-27-39-37-26-33(20-21-44(37)57-46(39)28-45(38)56-43)47-29-49-50(58-47)30-48(59-49)42-17-9-19-51(54-42)55(34-12-7-10-31(24-34)40-15-3-5-22-52-40)35-13-8-11-32(25-35)41-16-4-6-23-53-41/h1-30H. The third-order valence-corrected chi connectivity index (χ3v) is 13.2. The molecule has 7 aromatic heterocycles. The number of anilines is 3. The van der Waals surface area contributed by atoms with Crippen LogP contribution in [0.1, 0.15) is 0 Å². The molecule has 0 saturated heterocycles. The third-order valence-electron chi connectivity index (χ3n) is 10.8. The van der Waals surface area contributed by atoms with E-state index in [2.05, 4.69) is 130 Å². The van der Waals surface area contributed by atoms with Crippen LogP contribution in [0.15, 0.2) is 191 Å². The average molecular weight is 795 g/mol. The van der Waals surface area contributed by atoms with Crippen molar-refractivity contribution in [3.05, 3.63) is 182 Å². The molecule has 0 N–H and O–H groups in total. The molecule has 0 aliphatic heterocycles. The van der Waals surface area contributed by atoms with Gasteiger partial charge in [-0.05, 0) is 109 Å². The summed E-state index contributed by atoms with van der Waals surface area (Å²) in [5, 5.41) is 4.40. The lowest BCUT2D eigenvalue weighted by Gasteiger charge is -2.25. The highest BCUT2D eigenvalue weighted by atomic mass is 32.1. The van der Waals surface area contributed by atoms with Gasteiger partial charge in [-0.15, -0.1) is 22.7 Å². The molecule has 8 heteroatoms. The second-order valence-corrected chi connectivity index (χ2v) is 16.6. The van der Waals surface area contributed by atoms with Crippen LogP contribution in [-0.4, -0.2) is 15.0 Å². The van der Waals surface area contributed by atoms with Gasteiger partial charge in [0.05, 0.1) is 22.0 Å². The van der Waals surface area contributed by atoms with Gasteiger partial charge in [0.25, 0.3) is 0 Å². The number of benzene rings is 5. The Bertz CT molecular complexity index is 3420. The zero-order chi connectivity index (χ0) is 38.9. The van der Waals surface area contributed by atoms with Crippen molar-refractivity contribution in [3.63, 3.8) is 0 Å². The van der Waals surface area contributed by atoms with Gasteiger partial charge in [-0.25, -0.2) is 4.98 Å². The van der Waals surface area contributed by atoms with Crippen LogP contribution >= 0.6 is 22.7 Å². The van der Waals surface area contributed by atoms with Crippen molar-refractivity contribution in [2.75, 3.05) is 4.90 Å². The van der Waals surface area contributed by atoms with Gasteiger partial charge in [-0.1, -0.05) is 60.7 Å². The second kappa shape index (κ2) is 13.6. The Labute approximate surface area is 345 Å². The number of fused-ring (bicyclic) bond motifs is 7. The summed E-state index contributed by atoms with van der Waals surface area (Å²) in [6.07, 6.45) is 3.66. The fraction of sp³-hybridized carbons (Fsp3) is 0. The van der Waals surface area contributed by atoms with Crippen molar-refractivity contribution in [1.29, 1.82) is 0 Å². The minimum atomic E-state index is 0.817. The Morgan fingerprint density at radius 1 is 0.390 bits per heavy atom. The fourth-order valence-electron chi connectivity index (χ4n) is 8.03. The molecule has 0 atom stereocenters. The van der Waals surface area contributed by atoms with Crippen LogP contribution in [0, 0.1) is 0 Å². The first kappa shape index (κ1) is 33.7. The molecule has 0 unspecified atom stereocenters. The number of hydrogen-bond donors (Lipinski definition) is 0. The van der Waals surface area contributed by atoms with E-state index in [0.29, 0.717) is 0 Å². The van der Waals surface area contributed by atoms with E-state index >= 15 is 0 Å². The van der Waals surface area contributed by atoms with E-state index in [-0.39, 0.29) is 0 Å². The largest absolute Gasteiger partial charge is 0.456 e. The molecule has 0 spiro atoms. The molecule has 0 amide bonds. The number of hydrogen-bond acceptors (Lipinski definition) is 8. The minimum absolute atomic E-state index is 0.817. The zero-order valence-corrected chi connectivity index (χ0v) is 32.9. The molecule has 12 aromatic rings. The maximum Gasteiger partial charge on any atom is 0.139 e. The smallest absolute Gasteiger partial charge is 0.139 e. The average Bonchev–Trinajstić information content (AvgIpc) is 4.07. The predicted octanol–water partition coefficient (Wildman–Crippen LogP) is 15.1. The Morgan fingerprint density at radius 2 is 0.983 bits per heavy atom. The summed E-state index contributed by atoms with van der Waals surface area (Å²) in [6, 6.07) is 58.7. The molecular weight excluding hydrogens is 765 g/mol. The Hall–Kier alpha value is -7.39. The van der Waals surface area contributed by atoms with E-state index in [1.807, 2.05) is 67.0 Å². The van der Waals surface area contributed by atoms with E-state index in [1.165, 1.54) is 19.8 Å². The van der Waals surface area contributed by atoms with E-state index in [4.69, 9.17) is 13.8 Å². The van der Waals surface area contributed by atoms with Gasteiger partial charge in [0.2, 0.25) is 0 Å². The minimum Gasteiger partial charge on any atom is -0.456 e. The Kier molecular flexibility index (Phi) is 7.79. The van der Waals surface area contributed by atoms with E-state index < -0.39 is 0 Å². The van der Waals surface area contributed by atoms with Crippen molar-refractivity contribution >= 4 is 93.1 Å². The summed E-state index contributed by atoms with van der Waals surface area (Å²) in [7, 11) is 0. The lowest BCUT2D eigenvalue weighted by atomic mass is 10.1.